The zero-order valence-corrected chi connectivity index (χ0v) is 9.76. The highest BCUT2D eigenvalue weighted by atomic mass is 79.9. The number of rotatable bonds is 3. The van der Waals surface area contributed by atoms with Crippen LogP contribution < -0.4 is 5.32 Å². The van der Waals surface area contributed by atoms with Gasteiger partial charge in [0.25, 0.3) is 0 Å². The van der Waals surface area contributed by atoms with Crippen molar-refractivity contribution in [3.8, 4) is 0 Å². The van der Waals surface area contributed by atoms with Gasteiger partial charge in [0.2, 0.25) is 0 Å². The monoisotopic (exact) mass is 253 g/mol. The summed E-state index contributed by atoms with van der Waals surface area (Å²) >= 11 is 3.42. The average molecular weight is 254 g/mol. The van der Waals surface area contributed by atoms with Crippen LogP contribution in [0.5, 0.6) is 0 Å². The number of carbonyl (C=O) groups is 1. The molecule has 0 spiro atoms. The number of halogens is 1. The molecular weight excluding hydrogens is 242 g/mol. The zero-order chi connectivity index (χ0) is 10.6. The standard InChI is InChI=1S/C11H12BrNO/c1-8(7-9(2)14)13-11-6-4-3-5-10(11)12/h3-7,13H,1-2H3. The van der Waals surface area contributed by atoms with Crippen molar-refractivity contribution in [1.82, 2.24) is 0 Å². The normalized spacial score (nSPS) is 11.2. The Labute approximate surface area is 92.1 Å². The highest BCUT2D eigenvalue weighted by Crippen LogP contribution is 2.22. The first kappa shape index (κ1) is 11.0. The maximum absolute atomic E-state index is 10.8. The number of carbonyl (C=O) groups excluding carboxylic acids is 1. The molecule has 2 nitrogen and oxygen atoms in total. The van der Waals surface area contributed by atoms with Crippen molar-refractivity contribution in [1.29, 1.82) is 0 Å². The largest absolute Gasteiger partial charge is 0.358 e. The van der Waals surface area contributed by atoms with Gasteiger partial charge in [0.1, 0.15) is 0 Å². The van der Waals surface area contributed by atoms with Gasteiger partial charge in [0.05, 0.1) is 5.69 Å². The summed E-state index contributed by atoms with van der Waals surface area (Å²) in [6.07, 6.45) is 1.57. The molecule has 0 atom stereocenters. The van der Waals surface area contributed by atoms with Gasteiger partial charge in [-0.05, 0) is 48.0 Å². The third kappa shape index (κ3) is 3.34. The van der Waals surface area contributed by atoms with Crippen molar-refractivity contribution in [2.75, 3.05) is 5.32 Å². The SMILES string of the molecule is CC(=O)C=C(C)Nc1ccccc1Br. The van der Waals surface area contributed by atoms with Crippen molar-refractivity contribution < 1.29 is 4.79 Å². The summed E-state index contributed by atoms with van der Waals surface area (Å²) < 4.78 is 0.983. The fourth-order valence-corrected chi connectivity index (χ4v) is 1.50. The first-order valence-electron chi connectivity index (χ1n) is 4.30. The molecule has 0 fully saturated rings. The van der Waals surface area contributed by atoms with Crippen molar-refractivity contribution >= 4 is 27.4 Å². The number of allylic oxidation sites excluding steroid dienone is 2. The van der Waals surface area contributed by atoms with Crippen LogP contribution in [0.2, 0.25) is 0 Å². The minimum Gasteiger partial charge on any atom is -0.358 e. The van der Waals surface area contributed by atoms with Crippen molar-refractivity contribution in [3.05, 3.63) is 40.5 Å². The van der Waals surface area contributed by atoms with Gasteiger partial charge in [-0.3, -0.25) is 4.79 Å². The molecule has 0 saturated carbocycles. The van der Waals surface area contributed by atoms with Crippen LogP contribution >= 0.6 is 15.9 Å². The van der Waals surface area contributed by atoms with Crippen LogP contribution in [0.25, 0.3) is 0 Å². The van der Waals surface area contributed by atoms with Crippen LogP contribution in [0, 0.1) is 0 Å². The lowest BCUT2D eigenvalue weighted by Gasteiger charge is -2.07. The Balaban J connectivity index is 2.79. The molecule has 0 amide bonds. The quantitative estimate of drug-likeness (QED) is 0.838. The smallest absolute Gasteiger partial charge is 0.154 e. The third-order valence-electron chi connectivity index (χ3n) is 1.63. The van der Waals surface area contributed by atoms with Gasteiger partial charge >= 0.3 is 0 Å². The van der Waals surface area contributed by atoms with Gasteiger partial charge in [-0.2, -0.15) is 0 Å². The molecule has 0 saturated heterocycles. The zero-order valence-electron chi connectivity index (χ0n) is 8.17. The molecule has 0 radical (unpaired) electrons. The fraction of sp³-hybridized carbons (Fsp3) is 0.182. The van der Waals surface area contributed by atoms with E-state index in [9.17, 15) is 4.79 Å². The molecule has 0 aliphatic rings. The molecule has 1 aromatic carbocycles. The Morgan fingerprint density at radius 1 is 1.36 bits per heavy atom. The second kappa shape index (κ2) is 4.96. The molecular formula is C11H12BrNO. The number of para-hydroxylation sites is 1. The molecule has 3 heteroatoms. The number of hydrogen-bond donors (Lipinski definition) is 1. The van der Waals surface area contributed by atoms with Gasteiger partial charge in [0, 0.05) is 10.2 Å². The van der Waals surface area contributed by atoms with E-state index in [2.05, 4.69) is 21.2 Å². The lowest BCUT2D eigenvalue weighted by molar-refractivity contribution is -0.112. The van der Waals surface area contributed by atoms with E-state index in [0.717, 1.165) is 15.9 Å². The van der Waals surface area contributed by atoms with E-state index < -0.39 is 0 Å². The molecule has 0 aliphatic heterocycles. The summed E-state index contributed by atoms with van der Waals surface area (Å²) in [4.78, 5) is 10.8. The van der Waals surface area contributed by atoms with Crippen LogP contribution in [0.1, 0.15) is 13.8 Å². The van der Waals surface area contributed by atoms with Crippen LogP contribution in [0.3, 0.4) is 0 Å². The number of anilines is 1. The maximum atomic E-state index is 10.8. The van der Waals surface area contributed by atoms with Gasteiger partial charge in [0.15, 0.2) is 5.78 Å². The number of ketones is 1. The molecule has 0 unspecified atom stereocenters. The molecule has 0 heterocycles. The van der Waals surface area contributed by atoms with E-state index >= 15 is 0 Å². The summed E-state index contributed by atoms with van der Waals surface area (Å²) in [5, 5.41) is 3.13. The first-order chi connectivity index (χ1) is 6.59. The molecule has 0 aromatic heterocycles. The summed E-state index contributed by atoms with van der Waals surface area (Å²) in [6.45, 7) is 3.39. The van der Waals surface area contributed by atoms with Gasteiger partial charge in [-0.15, -0.1) is 0 Å². The molecule has 1 rings (SSSR count). The van der Waals surface area contributed by atoms with Gasteiger partial charge < -0.3 is 5.32 Å². The summed E-state index contributed by atoms with van der Waals surface area (Å²) in [5.41, 5.74) is 1.80. The fourth-order valence-electron chi connectivity index (χ4n) is 1.12. The third-order valence-corrected chi connectivity index (χ3v) is 2.32. The van der Waals surface area contributed by atoms with Gasteiger partial charge in [-0.1, -0.05) is 12.1 Å². The minimum absolute atomic E-state index is 0.0436. The van der Waals surface area contributed by atoms with Crippen LogP contribution in [-0.4, -0.2) is 5.78 Å². The van der Waals surface area contributed by atoms with E-state index in [0.29, 0.717) is 0 Å². The molecule has 0 aliphatic carbocycles. The van der Waals surface area contributed by atoms with Gasteiger partial charge in [-0.25, -0.2) is 0 Å². The highest BCUT2D eigenvalue weighted by molar-refractivity contribution is 9.10. The summed E-state index contributed by atoms with van der Waals surface area (Å²) in [7, 11) is 0. The van der Waals surface area contributed by atoms with E-state index in [1.165, 1.54) is 6.92 Å². The van der Waals surface area contributed by atoms with Crippen LogP contribution in [0.15, 0.2) is 40.5 Å². The lowest BCUT2D eigenvalue weighted by atomic mass is 10.3. The number of benzene rings is 1. The molecule has 74 valence electrons. The highest BCUT2D eigenvalue weighted by Gasteiger charge is 1.98. The van der Waals surface area contributed by atoms with Crippen LogP contribution in [-0.2, 0) is 4.79 Å². The molecule has 0 bridgehead atoms. The van der Waals surface area contributed by atoms with Crippen molar-refractivity contribution in [2.45, 2.75) is 13.8 Å². The van der Waals surface area contributed by atoms with Crippen LogP contribution in [0.4, 0.5) is 5.69 Å². The second-order valence-electron chi connectivity index (χ2n) is 3.04. The van der Waals surface area contributed by atoms with E-state index in [1.54, 1.807) is 6.08 Å². The predicted molar refractivity (Wildman–Crippen MR) is 62.2 cm³/mol. The predicted octanol–water partition coefficient (Wildman–Crippen LogP) is 3.35. The second-order valence-corrected chi connectivity index (χ2v) is 3.90. The Hall–Kier alpha value is -1.09. The summed E-state index contributed by atoms with van der Waals surface area (Å²) in [6, 6.07) is 7.78. The Bertz CT molecular complexity index is 371. The summed E-state index contributed by atoms with van der Waals surface area (Å²) in [5.74, 6) is 0.0436. The molecule has 1 aromatic rings. The van der Waals surface area contributed by atoms with E-state index in [4.69, 9.17) is 0 Å². The lowest BCUT2D eigenvalue weighted by Crippen LogP contribution is -1.98. The Morgan fingerprint density at radius 2 is 2.00 bits per heavy atom. The maximum Gasteiger partial charge on any atom is 0.154 e. The van der Waals surface area contributed by atoms with E-state index in [-0.39, 0.29) is 5.78 Å². The van der Waals surface area contributed by atoms with E-state index in [1.807, 2.05) is 31.2 Å². The van der Waals surface area contributed by atoms with Crippen molar-refractivity contribution in [2.24, 2.45) is 0 Å². The molecule has 14 heavy (non-hydrogen) atoms. The Morgan fingerprint density at radius 3 is 2.57 bits per heavy atom. The minimum atomic E-state index is 0.0436. The number of hydrogen-bond acceptors (Lipinski definition) is 2. The number of nitrogens with one attached hydrogen (secondary N) is 1. The topological polar surface area (TPSA) is 29.1 Å². The van der Waals surface area contributed by atoms with Crippen molar-refractivity contribution in [3.63, 3.8) is 0 Å². The Kier molecular flexibility index (Phi) is 3.89. The first-order valence-corrected chi connectivity index (χ1v) is 5.09. The molecule has 1 N–H and O–H groups in total. The average Bonchev–Trinajstić information content (AvgIpc) is 2.07.